The fourth-order valence-corrected chi connectivity index (χ4v) is 5.75. The molecule has 1 aliphatic heterocycles. The van der Waals surface area contributed by atoms with Crippen molar-refractivity contribution in [2.24, 2.45) is 5.41 Å². The van der Waals surface area contributed by atoms with Gasteiger partial charge in [0.1, 0.15) is 29.4 Å². The first-order chi connectivity index (χ1) is 19.6. The minimum absolute atomic E-state index is 0.0493. The molecule has 0 spiro atoms. The highest BCUT2D eigenvalue weighted by atomic mass is 19.1. The van der Waals surface area contributed by atoms with Crippen molar-refractivity contribution in [1.82, 2.24) is 15.4 Å². The number of hydrogen-bond acceptors (Lipinski definition) is 6. The predicted molar refractivity (Wildman–Crippen MR) is 148 cm³/mol. The van der Waals surface area contributed by atoms with Gasteiger partial charge in [-0.05, 0) is 76.4 Å². The van der Waals surface area contributed by atoms with Crippen LogP contribution in [0.1, 0.15) is 49.4 Å². The molecule has 0 bridgehead atoms. The van der Waals surface area contributed by atoms with E-state index in [0.29, 0.717) is 78.9 Å². The number of hydrogen-bond donors (Lipinski definition) is 2. The van der Waals surface area contributed by atoms with Gasteiger partial charge in [0.2, 0.25) is 5.91 Å². The maximum atomic E-state index is 16.1. The lowest BCUT2D eigenvalue weighted by Gasteiger charge is -2.40. The Hall–Kier alpha value is -3.44. The molecule has 4 rings (SSSR count). The second kappa shape index (κ2) is 13.0. The third-order valence-corrected chi connectivity index (χ3v) is 8.17. The number of pyridine rings is 1. The molecular formula is C30H36F4N4O3. The summed E-state index contributed by atoms with van der Waals surface area (Å²) in [7, 11) is 5.17. The Labute approximate surface area is 237 Å². The number of alkyl halides is 1. The Bertz CT molecular complexity index is 1360. The molecule has 7 nitrogen and oxygen atoms in total. The number of rotatable bonds is 11. The zero-order chi connectivity index (χ0) is 29.7. The van der Waals surface area contributed by atoms with Crippen LogP contribution in [0.25, 0.3) is 10.9 Å². The number of anilines is 1. The summed E-state index contributed by atoms with van der Waals surface area (Å²) in [6, 6.07) is 6.65. The number of piperidine rings is 1. The molecule has 2 aromatic carbocycles. The smallest absolute Gasteiger partial charge is 0.249 e. The summed E-state index contributed by atoms with van der Waals surface area (Å²) >= 11 is 0. The van der Waals surface area contributed by atoms with Gasteiger partial charge in [-0.2, -0.15) is 0 Å². The van der Waals surface area contributed by atoms with E-state index in [4.69, 9.17) is 4.74 Å². The highest BCUT2D eigenvalue weighted by molar-refractivity contribution is 5.88. The molecule has 1 aliphatic rings. The normalized spacial score (nSPS) is 16.0. The van der Waals surface area contributed by atoms with Gasteiger partial charge >= 0.3 is 0 Å². The van der Waals surface area contributed by atoms with Gasteiger partial charge in [-0.15, -0.1) is 0 Å². The molecule has 0 saturated carbocycles. The number of carbonyl (C=O) groups excluding carboxylic acids is 1. The van der Waals surface area contributed by atoms with Crippen LogP contribution < -0.4 is 15.1 Å². The van der Waals surface area contributed by atoms with E-state index >= 15 is 4.39 Å². The van der Waals surface area contributed by atoms with Crippen LogP contribution in [-0.4, -0.2) is 61.8 Å². The SMILES string of the molecule is COc1ccc2ncc(N(C)C)c(C(F)CCC3(C(=O)NO)CCN(CCCc4c(F)cc(F)cc4F)CC3)c2c1. The van der Waals surface area contributed by atoms with Crippen molar-refractivity contribution in [1.29, 1.82) is 0 Å². The Morgan fingerprint density at radius 1 is 1.17 bits per heavy atom. The monoisotopic (exact) mass is 576 g/mol. The molecule has 0 radical (unpaired) electrons. The van der Waals surface area contributed by atoms with Gasteiger partial charge in [-0.25, -0.2) is 23.0 Å². The van der Waals surface area contributed by atoms with Crippen LogP contribution in [0.5, 0.6) is 5.75 Å². The molecule has 222 valence electrons. The molecule has 1 aromatic heterocycles. The number of carbonyl (C=O) groups is 1. The molecule has 1 fully saturated rings. The van der Waals surface area contributed by atoms with Crippen LogP contribution in [0.15, 0.2) is 36.5 Å². The summed E-state index contributed by atoms with van der Waals surface area (Å²) < 4.78 is 62.6. The average Bonchev–Trinajstić information content (AvgIpc) is 2.96. The van der Waals surface area contributed by atoms with Crippen molar-refractivity contribution in [2.45, 2.75) is 44.7 Å². The second-order valence-electron chi connectivity index (χ2n) is 10.9. The lowest BCUT2D eigenvalue weighted by Crippen LogP contribution is -2.48. The van der Waals surface area contributed by atoms with Gasteiger partial charge in [0.05, 0.1) is 29.9 Å². The number of halogens is 4. The van der Waals surface area contributed by atoms with Crippen LogP contribution >= 0.6 is 0 Å². The average molecular weight is 577 g/mol. The van der Waals surface area contributed by atoms with E-state index in [1.165, 1.54) is 0 Å². The van der Waals surface area contributed by atoms with Crippen molar-refractivity contribution in [3.8, 4) is 5.75 Å². The summed E-state index contributed by atoms with van der Waals surface area (Å²) in [6.45, 7) is 1.52. The molecule has 11 heteroatoms. The number of nitrogens with zero attached hydrogens (tertiary/aromatic N) is 3. The Morgan fingerprint density at radius 3 is 2.46 bits per heavy atom. The van der Waals surface area contributed by atoms with Crippen LogP contribution in [0.3, 0.4) is 0 Å². The zero-order valence-electron chi connectivity index (χ0n) is 23.5. The topological polar surface area (TPSA) is 77.9 Å². The van der Waals surface area contributed by atoms with E-state index in [1.54, 1.807) is 41.9 Å². The number of hydroxylamine groups is 1. The first-order valence-electron chi connectivity index (χ1n) is 13.7. The van der Waals surface area contributed by atoms with Crippen molar-refractivity contribution >= 4 is 22.5 Å². The number of methoxy groups -OCH3 is 1. The maximum Gasteiger partial charge on any atom is 0.249 e. The van der Waals surface area contributed by atoms with E-state index in [-0.39, 0.29) is 24.8 Å². The van der Waals surface area contributed by atoms with E-state index in [0.717, 1.165) is 0 Å². The number of amides is 1. The van der Waals surface area contributed by atoms with Crippen LogP contribution in [-0.2, 0) is 11.2 Å². The molecule has 0 aliphatic carbocycles. The van der Waals surface area contributed by atoms with Crippen molar-refractivity contribution in [3.05, 3.63) is 65.1 Å². The van der Waals surface area contributed by atoms with E-state index in [9.17, 15) is 23.2 Å². The lowest BCUT2D eigenvalue weighted by atomic mass is 9.73. The standard InChI is InChI=1S/C30H36F4N4O3/c1-37(2)27-18-35-26-7-6-20(41-3)17-22(26)28(27)23(32)8-9-30(29(39)36-40)10-13-38(14-11-30)12-4-5-21-24(33)15-19(31)16-25(21)34/h6-7,15-18,23,40H,4-5,8-14H2,1-3H3,(H,36,39). The zero-order valence-corrected chi connectivity index (χ0v) is 23.5. The number of likely N-dealkylation sites (tertiary alicyclic amines) is 1. The van der Waals surface area contributed by atoms with Crippen LogP contribution in [0.4, 0.5) is 23.2 Å². The maximum absolute atomic E-state index is 16.1. The fraction of sp³-hybridized carbons (Fsp3) is 0.467. The summed E-state index contributed by atoms with van der Waals surface area (Å²) in [5.74, 6) is -2.73. The number of aromatic nitrogens is 1. The first kappa shape index (κ1) is 30.5. The molecule has 3 aromatic rings. The van der Waals surface area contributed by atoms with E-state index < -0.39 is 34.9 Å². The van der Waals surface area contributed by atoms with Crippen molar-refractivity contribution in [3.63, 3.8) is 0 Å². The van der Waals surface area contributed by atoms with Gasteiger partial charge in [0.15, 0.2) is 0 Å². The quantitative estimate of drug-likeness (QED) is 0.172. The molecule has 41 heavy (non-hydrogen) atoms. The molecule has 2 N–H and O–H groups in total. The van der Waals surface area contributed by atoms with Gasteiger partial charge in [-0.3, -0.25) is 15.0 Å². The van der Waals surface area contributed by atoms with Crippen molar-refractivity contribution < 1.29 is 32.3 Å². The van der Waals surface area contributed by atoms with E-state index in [1.807, 2.05) is 14.1 Å². The van der Waals surface area contributed by atoms with Gasteiger partial charge in [0.25, 0.3) is 0 Å². The Balaban J connectivity index is 1.44. The summed E-state index contributed by atoms with van der Waals surface area (Å²) in [6.07, 6.45) is 1.81. The third-order valence-electron chi connectivity index (χ3n) is 8.17. The fourth-order valence-electron chi connectivity index (χ4n) is 5.75. The first-order valence-corrected chi connectivity index (χ1v) is 13.7. The van der Waals surface area contributed by atoms with E-state index in [2.05, 4.69) is 9.88 Å². The summed E-state index contributed by atoms with van der Waals surface area (Å²) in [4.78, 5) is 21.2. The predicted octanol–water partition coefficient (Wildman–Crippen LogP) is 5.74. The number of ether oxygens (including phenoxy) is 1. The number of fused-ring (bicyclic) bond motifs is 1. The molecule has 1 saturated heterocycles. The number of benzene rings is 2. The molecule has 1 unspecified atom stereocenters. The van der Waals surface area contributed by atoms with Gasteiger partial charge in [-0.1, -0.05) is 0 Å². The third kappa shape index (κ3) is 6.73. The second-order valence-corrected chi connectivity index (χ2v) is 10.9. The Morgan fingerprint density at radius 2 is 1.85 bits per heavy atom. The highest BCUT2D eigenvalue weighted by Crippen LogP contribution is 2.43. The van der Waals surface area contributed by atoms with Gasteiger partial charge in [0, 0.05) is 42.7 Å². The number of nitrogens with one attached hydrogen (secondary N) is 1. The summed E-state index contributed by atoms with van der Waals surface area (Å²) in [5, 5.41) is 10.2. The minimum Gasteiger partial charge on any atom is -0.497 e. The highest BCUT2D eigenvalue weighted by Gasteiger charge is 2.41. The molecular weight excluding hydrogens is 540 g/mol. The molecule has 1 amide bonds. The minimum atomic E-state index is -1.41. The van der Waals surface area contributed by atoms with Crippen LogP contribution in [0, 0.1) is 22.9 Å². The lowest BCUT2D eigenvalue weighted by molar-refractivity contribution is -0.143. The molecule has 1 atom stereocenters. The Kier molecular flexibility index (Phi) is 9.70. The summed E-state index contributed by atoms with van der Waals surface area (Å²) in [5.41, 5.74) is 2.39. The molecule has 2 heterocycles. The van der Waals surface area contributed by atoms with Gasteiger partial charge < -0.3 is 14.5 Å². The largest absolute Gasteiger partial charge is 0.497 e. The van der Waals surface area contributed by atoms with Crippen LogP contribution in [0.2, 0.25) is 0 Å². The van der Waals surface area contributed by atoms with Crippen molar-refractivity contribution in [2.75, 3.05) is 45.7 Å².